The molecule has 0 N–H and O–H groups in total. The van der Waals surface area contributed by atoms with Crippen LogP contribution in [0.1, 0.15) is 19.4 Å². The maximum absolute atomic E-state index is 14.7. The number of aryl methyl sites for hydroxylation is 1. The van der Waals surface area contributed by atoms with Gasteiger partial charge in [0.05, 0.1) is 3.57 Å². The molecule has 0 aliphatic carbocycles. The molecule has 1 aliphatic heterocycles. The van der Waals surface area contributed by atoms with Crippen molar-refractivity contribution in [3.8, 4) is 11.5 Å². The second-order valence-electron chi connectivity index (χ2n) is 7.07. The summed E-state index contributed by atoms with van der Waals surface area (Å²) in [5, 5.41) is 2.41. The SMILES string of the molecule is Cc1cc(P(=O)(c2ccccc2)c2ccccc2)c(I)c2c1OC(C)(C)O2. The fourth-order valence-corrected chi connectivity index (χ4v) is 7.71. The standard InChI is InChI=1S/C22H20IO3P/c1-15-14-18(19(23)21-20(15)25-22(2,3)26-21)27(24,16-10-6-4-7-11-16)17-12-8-5-9-13-17/h4-14H,1-3H3. The highest BCUT2D eigenvalue weighted by molar-refractivity contribution is 14.1. The van der Waals surface area contributed by atoms with E-state index in [9.17, 15) is 4.57 Å². The van der Waals surface area contributed by atoms with E-state index in [1.807, 2.05) is 87.5 Å². The van der Waals surface area contributed by atoms with Crippen LogP contribution in [0.25, 0.3) is 0 Å². The fourth-order valence-electron chi connectivity index (χ4n) is 3.39. The minimum atomic E-state index is -3.06. The molecule has 27 heavy (non-hydrogen) atoms. The minimum absolute atomic E-state index is 0.683. The molecule has 3 aromatic carbocycles. The van der Waals surface area contributed by atoms with Crippen molar-refractivity contribution in [2.75, 3.05) is 0 Å². The Hall–Kier alpha value is -1.78. The zero-order valence-corrected chi connectivity index (χ0v) is 18.5. The first-order chi connectivity index (χ1) is 12.8. The van der Waals surface area contributed by atoms with Crippen LogP contribution in [0.15, 0.2) is 66.7 Å². The van der Waals surface area contributed by atoms with Gasteiger partial charge < -0.3 is 14.0 Å². The molecule has 1 heterocycles. The van der Waals surface area contributed by atoms with Crippen LogP contribution in [0, 0.1) is 10.5 Å². The van der Waals surface area contributed by atoms with Crippen LogP contribution >= 0.6 is 29.7 Å². The lowest BCUT2D eigenvalue weighted by Crippen LogP contribution is -2.30. The second-order valence-corrected chi connectivity index (χ2v) is 10.9. The molecule has 0 radical (unpaired) electrons. The van der Waals surface area contributed by atoms with Crippen molar-refractivity contribution < 1.29 is 14.0 Å². The zero-order chi connectivity index (χ0) is 19.2. The number of ether oxygens (including phenoxy) is 2. The summed E-state index contributed by atoms with van der Waals surface area (Å²) in [5.74, 6) is 0.693. The van der Waals surface area contributed by atoms with E-state index in [4.69, 9.17) is 9.47 Å². The van der Waals surface area contributed by atoms with Gasteiger partial charge in [0.15, 0.2) is 18.6 Å². The Morgan fingerprint density at radius 3 is 1.85 bits per heavy atom. The molecule has 0 spiro atoms. The van der Waals surface area contributed by atoms with E-state index in [0.29, 0.717) is 5.75 Å². The molecular weight excluding hydrogens is 470 g/mol. The van der Waals surface area contributed by atoms with Crippen LogP contribution in [-0.2, 0) is 4.57 Å². The summed E-state index contributed by atoms with van der Waals surface area (Å²) in [7, 11) is -3.06. The molecule has 0 aromatic heterocycles. The predicted octanol–water partition coefficient (Wildman–Crippen LogP) is 4.75. The third kappa shape index (κ3) is 3.09. The molecule has 0 atom stereocenters. The van der Waals surface area contributed by atoms with Gasteiger partial charge in [-0.15, -0.1) is 0 Å². The molecule has 0 bridgehead atoms. The normalized spacial score (nSPS) is 15.0. The molecular formula is C22H20IO3P. The van der Waals surface area contributed by atoms with Crippen molar-refractivity contribution in [3.05, 3.63) is 75.9 Å². The second kappa shape index (κ2) is 6.68. The summed E-state index contributed by atoms with van der Waals surface area (Å²) in [5.41, 5.74) is 0.929. The Morgan fingerprint density at radius 1 is 0.852 bits per heavy atom. The van der Waals surface area contributed by atoms with Gasteiger partial charge in [-0.05, 0) is 41.1 Å². The number of hydrogen-bond donors (Lipinski definition) is 0. The van der Waals surface area contributed by atoms with Crippen LogP contribution in [0.2, 0.25) is 0 Å². The maximum atomic E-state index is 14.7. The lowest BCUT2D eigenvalue weighted by Gasteiger charge is -2.22. The van der Waals surface area contributed by atoms with Crippen molar-refractivity contribution in [2.45, 2.75) is 26.6 Å². The molecule has 0 saturated carbocycles. The summed E-state index contributed by atoms with van der Waals surface area (Å²) < 4.78 is 27.5. The van der Waals surface area contributed by atoms with Crippen LogP contribution in [-0.4, -0.2) is 5.79 Å². The molecule has 1 aliphatic rings. The Kier molecular flexibility index (Phi) is 4.59. The van der Waals surface area contributed by atoms with E-state index in [-0.39, 0.29) is 0 Å². The molecule has 4 rings (SSSR count). The van der Waals surface area contributed by atoms with Crippen molar-refractivity contribution >= 4 is 45.6 Å². The Bertz CT molecular complexity index is 1000. The van der Waals surface area contributed by atoms with Crippen molar-refractivity contribution in [2.24, 2.45) is 0 Å². The molecule has 3 nitrogen and oxygen atoms in total. The summed E-state index contributed by atoms with van der Waals surface area (Å²) in [4.78, 5) is 0. The average molecular weight is 490 g/mol. The van der Waals surface area contributed by atoms with Gasteiger partial charge in [0.25, 0.3) is 0 Å². The molecule has 0 unspecified atom stereocenters. The van der Waals surface area contributed by atoms with Crippen LogP contribution in [0.4, 0.5) is 0 Å². The van der Waals surface area contributed by atoms with Gasteiger partial charge in [-0.25, -0.2) is 0 Å². The first-order valence-corrected chi connectivity index (χ1v) is 11.5. The van der Waals surface area contributed by atoms with Crippen molar-refractivity contribution in [1.82, 2.24) is 0 Å². The van der Waals surface area contributed by atoms with Gasteiger partial charge in [-0.3, -0.25) is 0 Å². The Morgan fingerprint density at radius 2 is 1.33 bits per heavy atom. The first-order valence-electron chi connectivity index (χ1n) is 8.76. The van der Waals surface area contributed by atoms with Crippen LogP contribution in [0.3, 0.4) is 0 Å². The fraction of sp³-hybridized carbons (Fsp3) is 0.182. The van der Waals surface area contributed by atoms with E-state index in [0.717, 1.165) is 30.8 Å². The number of halogens is 1. The van der Waals surface area contributed by atoms with E-state index in [2.05, 4.69) is 22.6 Å². The zero-order valence-electron chi connectivity index (χ0n) is 15.4. The quantitative estimate of drug-likeness (QED) is 0.393. The summed E-state index contributed by atoms with van der Waals surface area (Å²) in [6.45, 7) is 5.75. The van der Waals surface area contributed by atoms with Gasteiger partial charge in [-0.2, -0.15) is 0 Å². The number of hydrogen-bond acceptors (Lipinski definition) is 3. The molecule has 5 heteroatoms. The summed E-state index contributed by atoms with van der Waals surface area (Å²) >= 11 is 2.24. The highest BCUT2D eigenvalue weighted by Crippen LogP contribution is 2.50. The minimum Gasteiger partial charge on any atom is -0.449 e. The molecule has 3 aromatic rings. The van der Waals surface area contributed by atoms with Crippen LogP contribution in [0.5, 0.6) is 11.5 Å². The monoisotopic (exact) mass is 490 g/mol. The van der Waals surface area contributed by atoms with Gasteiger partial charge >= 0.3 is 0 Å². The Labute approximate surface area is 173 Å². The smallest absolute Gasteiger partial charge is 0.246 e. The maximum Gasteiger partial charge on any atom is 0.246 e. The lowest BCUT2D eigenvalue weighted by molar-refractivity contribution is -0.0437. The van der Waals surface area contributed by atoms with Gasteiger partial charge in [0.1, 0.15) is 0 Å². The van der Waals surface area contributed by atoms with E-state index in [1.54, 1.807) is 0 Å². The lowest BCUT2D eigenvalue weighted by atomic mass is 10.2. The van der Waals surface area contributed by atoms with Gasteiger partial charge in [0.2, 0.25) is 5.79 Å². The number of fused-ring (bicyclic) bond motifs is 1. The van der Waals surface area contributed by atoms with Crippen molar-refractivity contribution in [3.63, 3.8) is 0 Å². The predicted molar refractivity (Wildman–Crippen MR) is 119 cm³/mol. The largest absolute Gasteiger partial charge is 0.449 e. The molecule has 0 fully saturated rings. The molecule has 138 valence electrons. The number of rotatable bonds is 3. The molecule has 0 saturated heterocycles. The topological polar surface area (TPSA) is 35.5 Å². The highest BCUT2D eigenvalue weighted by Gasteiger charge is 2.40. The summed E-state index contributed by atoms with van der Waals surface area (Å²) in [6, 6.07) is 21.4. The summed E-state index contributed by atoms with van der Waals surface area (Å²) in [6.07, 6.45) is 0. The van der Waals surface area contributed by atoms with Gasteiger partial charge in [0, 0.05) is 29.8 Å². The highest BCUT2D eigenvalue weighted by atomic mass is 127. The number of benzene rings is 3. The van der Waals surface area contributed by atoms with E-state index in [1.165, 1.54) is 0 Å². The van der Waals surface area contributed by atoms with Crippen molar-refractivity contribution in [1.29, 1.82) is 0 Å². The Balaban J connectivity index is 2.02. The first kappa shape index (κ1) is 18.6. The third-order valence-corrected chi connectivity index (χ3v) is 9.20. The van der Waals surface area contributed by atoms with Crippen LogP contribution < -0.4 is 25.4 Å². The van der Waals surface area contributed by atoms with E-state index < -0.39 is 12.9 Å². The average Bonchev–Trinajstić information content (AvgIpc) is 3.02. The van der Waals surface area contributed by atoms with Gasteiger partial charge in [-0.1, -0.05) is 60.7 Å². The van der Waals surface area contributed by atoms with E-state index >= 15 is 0 Å². The molecule has 0 amide bonds. The third-order valence-electron chi connectivity index (χ3n) is 4.62.